The van der Waals surface area contributed by atoms with E-state index in [9.17, 15) is 0 Å². The van der Waals surface area contributed by atoms with Crippen molar-refractivity contribution in [1.29, 1.82) is 0 Å². The van der Waals surface area contributed by atoms with E-state index in [0.717, 1.165) is 22.4 Å². The number of anilines is 1. The minimum atomic E-state index is 0.394. The van der Waals surface area contributed by atoms with Crippen LogP contribution in [0.1, 0.15) is 10.4 Å². The van der Waals surface area contributed by atoms with Crippen LogP contribution in [-0.4, -0.2) is 17.0 Å². The lowest BCUT2D eigenvalue weighted by Gasteiger charge is -2.17. The van der Waals surface area contributed by atoms with Gasteiger partial charge in [-0.25, -0.2) is 4.98 Å². The molecule has 3 nitrogen and oxygen atoms in total. The van der Waals surface area contributed by atoms with Gasteiger partial charge in [-0.1, -0.05) is 12.2 Å². The van der Waals surface area contributed by atoms with E-state index >= 15 is 0 Å². The molecule has 0 saturated carbocycles. The lowest BCUT2D eigenvalue weighted by molar-refractivity contribution is 0.912. The molecule has 0 amide bonds. The Morgan fingerprint density at radius 3 is 2.94 bits per heavy atom. The average molecular weight is 342 g/mol. The standard InChI is InChI=1S/C12H12BrN3S2/c1-16(6-10-5-9(13)7-18-10)11-4-8(12(14)17)2-3-15-11/h2-5,7H,6H2,1H3,(H2,14,17). The van der Waals surface area contributed by atoms with Crippen LogP contribution in [0.3, 0.4) is 0 Å². The predicted molar refractivity (Wildman–Crippen MR) is 84.3 cm³/mol. The predicted octanol–water partition coefficient (Wildman–Crippen LogP) is 3.18. The van der Waals surface area contributed by atoms with Gasteiger partial charge in [-0.15, -0.1) is 11.3 Å². The Morgan fingerprint density at radius 1 is 1.56 bits per heavy atom. The van der Waals surface area contributed by atoms with Crippen molar-refractivity contribution in [1.82, 2.24) is 4.98 Å². The van der Waals surface area contributed by atoms with Crippen LogP contribution in [-0.2, 0) is 6.54 Å². The van der Waals surface area contributed by atoms with E-state index in [-0.39, 0.29) is 0 Å². The Bertz CT molecular complexity index is 568. The monoisotopic (exact) mass is 341 g/mol. The highest BCUT2D eigenvalue weighted by molar-refractivity contribution is 9.10. The molecule has 0 aliphatic heterocycles. The van der Waals surface area contributed by atoms with Crippen molar-refractivity contribution >= 4 is 50.3 Å². The van der Waals surface area contributed by atoms with Crippen molar-refractivity contribution in [2.75, 3.05) is 11.9 Å². The number of aromatic nitrogens is 1. The summed E-state index contributed by atoms with van der Waals surface area (Å²) < 4.78 is 1.11. The zero-order chi connectivity index (χ0) is 13.1. The molecule has 0 spiro atoms. The number of thiophene rings is 1. The Kier molecular flexibility index (Phi) is 4.31. The van der Waals surface area contributed by atoms with Crippen LogP contribution in [0, 0.1) is 0 Å². The zero-order valence-corrected chi connectivity index (χ0v) is 13.0. The lowest BCUT2D eigenvalue weighted by atomic mass is 10.2. The van der Waals surface area contributed by atoms with Crippen molar-refractivity contribution in [3.63, 3.8) is 0 Å². The Morgan fingerprint density at radius 2 is 2.33 bits per heavy atom. The van der Waals surface area contributed by atoms with E-state index in [4.69, 9.17) is 18.0 Å². The molecule has 0 bridgehead atoms. The molecular weight excluding hydrogens is 330 g/mol. The number of pyridine rings is 1. The fourth-order valence-corrected chi connectivity index (χ4v) is 3.16. The summed E-state index contributed by atoms with van der Waals surface area (Å²) in [6.07, 6.45) is 1.73. The molecule has 0 aromatic carbocycles. The summed E-state index contributed by atoms with van der Waals surface area (Å²) in [5, 5.41) is 2.07. The Hall–Kier alpha value is -0.980. The van der Waals surface area contributed by atoms with Crippen LogP contribution < -0.4 is 10.6 Å². The van der Waals surface area contributed by atoms with Gasteiger partial charge < -0.3 is 10.6 Å². The van der Waals surface area contributed by atoms with E-state index < -0.39 is 0 Å². The molecule has 2 heterocycles. The van der Waals surface area contributed by atoms with Crippen LogP contribution in [0.25, 0.3) is 0 Å². The highest BCUT2D eigenvalue weighted by atomic mass is 79.9. The van der Waals surface area contributed by atoms with Gasteiger partial charge in [0, 0.05) is 33.5 Å². The number of nitrogens with zero attached hydrogens (tertiary/aromatic N) is 2. The third-order valence-corrected chi connectivity index (χ3v) is 4.35. The second-order valence-electron chi connectivity index (χ2n) is 3.85. The molecule has 0 radical (unpaired) electrons. The molecule has 0 aliphatic rings. The molecular formula is C12H12BrN3S2. The van der Waals surface area contributed by atoms with Crippen molar-refractivity contribution in [3.05, 3.63) is 44.7 Å². The lowest BCUT2D eigenvalue weighted by Crippen LogP contribution is -2.18. The van der Waals surface area contributed by atoms with Gasteiger partial charge in [-0.05, 0) is 34.1 Å². The molecule has 0 atom stereocenters. The maximum Gasteiger partial charge on any atom is 0.129 e. The summed E-state index contributed by atoms with van der Waals surface area (Å²) >= 11 is 10.1. The molecule has 2 rings (SSSR count). The largest absolute Gasteiger partial charge is 0.389 e. The normalized spacial score (nSPS) is 10.3. The fourth-order valence-electron chi connectivity index (χ4n) is 1.53. The highest BCUT2D eigenvalue weighted by Gasteiger charge is 2.07. The second-order valence-corrected chi connectivity index (χ2v) is 6.21. The molecule has 2 N–H and O–H groups in total. The van der Waals surface area contributed by atoms with Crippen LogP contribution >= 0.6 is 39.5 Å². The van der Waals surface area contributed by atoms with Gasteiger partial charge in [-0.3, -0.25) is 0 Å². The summed E-state index contributed by atoms with van der Waals surface area (Å²) in [6, 6.07) is 5.84. The minimum Gasteiger partial charge on any atom is -0.389 e. The average Bonchev–Trinajstić information content (AvgIpc) is 2.75. The van der Waals surface area contributed by atoms with E-state index in [2.05, 4.69) is 37.3 Å². The van der Waals surface area contributed by atoms with Gasteiger partial charge >= 0.3 is 0 Å². The van der Waals surface area contributed by atoms with Gasteiger partial charge in [0.05, 0.1) is 6.54 Å². The van der Waals surface area contributed by atoms with Crippen LogP contribution in [0.2, 0.25) is 0 Å². The molecule has 94 valence electrons. The smallest absolute Gasteiger partial charge is 0.129 e. The van der Waals surface area contributed by atoms with Gasteiger partial charge in [0.15, 0.2) is 0 Å². The third-order valence-electron chi connectivity index (χ3n) is 2.44. The number of hydrogen-bond donors (Lipinski definition) is 1. The molecule has 0 unspecified atom stereocenters. The Labute approximate surface area is 124 Å². The highest BCUT2D eigenvalue weighted by Crippen LogP contribution is 2.22. The van der Waals surface area contributed by atoms with E-state index in [0.29, 0.717) is 4.99 Å². The van der Waals surface area contributed by atoms with Gasteiger partial charge in [0.25, 0.3) is 0 Å². The van der Waals surface area contributed by atoms with Crippen LogP contribution in [0.5, 0.6) is 0 Å². The van der Waals surface area contributed by atoms with Crippen molar-refractivity contribution in [3.8, 4) is 0 Å². The first-order chi connectivity index (χ1) is 8.56. The molecule has 18 heavy (non-hydrogen) atoms. The summed E-state index contributed by atoms with van der Waals surface area (Å²) in [5.74, 6) is 0.866. The molecule has 0 aliphatic carbocycles. The number of thiocarbonyl (C=S) groups is 1. The van der Waals surface area contributed by atoms with Gasteiger partial charge in [0.2, 0.25) is 0 Å². The summed E-state index contributed by atoms with van der Waals surface area (Å²) in [6.45, 7) is 0.810. The van der Waals surface area contributed by atoms with Gasteiger partial charge in [-0.2, -0.15) is 0 Å². The second kappa shape index (κ2) is 5.77. The summed E-state index contributed by atoms with van der Waals surface area (Å²) in [5.41, 5.74) is 6.46. The van der Waals surface area contributed by atoms with E-state index in [1.165, 1.54) is 4.88 Å². The minimum absolute atomic E-state index is 0.394. The number of hydrogen-bond acceptors (Lipinski definition) is 4. The topological polar surface area (TPSA) is 42.1 Å². The maximum absolute atomic E-state index is 5.62. The van der Waals surface area contributed by atoms with E-state index in [1.54, 1.807) is 17.5 Å². The molecule has 6 heteroatoms. The quantitative estimate of drug-likeness (QED) is 0.867. The first-order valence-electron chi connectivity index (χ1n) is 5.26. The molecule has 0 fully saturated rings. The van der Waals surface area contributed by atoms with Gasteiger partial charge in [0.1, 0.15) is 10.8 Å². The van der Waals surface area contributed by atoms with E-state index in [1.807, 2.05) is 19.2 Å². The van der Waals surface area contributed by atoms with Crippen LogP contribution in [0.15, 0.2) is 34.2 Å². The first-order valence-corrected chi connectivity index (χ1v) is 7.34. The van der Waals surface area contributed by atoms with Crippen molar-refractivity contribution in [2.45, 2.75) is 6.54 Å². The van der Waals surface area contributed by atoms with Crippen molar-refractivity contribution in [2.24, 2.45) is 5.73 Å². The third kappa shape index (κ3) is 3.28. The first kappa shape index (κ1) is 13.5. The molecule has 0 saturated heterocycles. The number of rotatable bonds is 4. The molecule has 2 aromatic heterocycles. The fraction of sp³-hybridized carbons (Fsp3) is 0.167. The molecule has 2 aromatic rings. The van der Waals surface area contributed by atoms with Crippen LogP contribution in [0.4, 0.5) is 5.82 Å². The number of nitrogens with two attached hydrogens (primary N) is 1. The zero-order valence-electron chi connectivity index (χ0n) is 9.76. The number of halogens is 1. The summed E-state index contributed by atoms with van der Waals surface area (Å²) in [7, 11) is 2.00. The van der Waals surface area contributed by atoms with Crippen molar-refractivity contribution < 1.29 is 0 Å². The maximum atomic E-state index is 5.62. The Balaban J connectivity index is 2.15. The SMILES string of the molecule is CN(Cc1cc(Br)cs1)c1cc(C(N)=S)ccn1. The summed E-state index contributed by atoms with van der Waals surface area (Å²) in [4.78, 5) is 8.06.